The third-order valence-electron chi connectivity index (χ3n) is 3.24. The van der Waals surface area contributed by atoms with E-state index in [1.807, 2.05) is 42.8 Å². The summed E-state index contributed by atoms with van der Waals surface area (Å²) in [5, 5.41) is 13.8. The average molecular weight is 337 g/mol. The Morgan fingerprint density at radius 1 is 1.35 bits per heavy atom. The minimum absolute atomic E-state index is 0.366. The number of hydrogen-bond acceptors (Lipinski definition) is 2. The molecular formula is C15H17BrN2O2. The van der Waals surface area contributed by atoms with Crippen molar-refractivity contribution in [2.75, 3.05) is 0 Å². The summed E-state index contributed by atoms with van der Waals surface area (Å²) in [5.41, 5.74) is 2.90. The lowest BCUT2D eigenvalue weighted by Crippen LogP contribution is -2.08. The van der Waals surface area contributed by atoms with Crippen LogP contribution in [-0.4, -0.2) is 20.9 Å². The number of halogens is 1. The molecule has 2 aromatic rings. The summed E-state index contributed by atoms with van der Waals surface area (Å²) in [4.78, 5) is 11.4. The molecule has 0 aliphatic carbocycles. The topological polar surface area (TPSA) is 55.1 Å². The molecule has 0 saturated carbocycles. The van der Waals surface area contributed by atoms with Gasteiger partial charge in [-0.2, -0.15) is 5.10 Å². The molecule has 0 atom stereocenters. The van der Waals surface area contributed by atoms with E-state index in [0.29, 0.717) is 30.6 Å². The van der Waals surface area contributed by atoms with Gasteiger partial charge in [-0.25, -0.2) is 4.79 Å². The minimum Gasteiger partial charge on any atom is -0.478 e. The van der Waals surface area contributed by atoms with Crippen molar-refractivity contribution in [1.29, 1.82) is 0 Å². The molecule has 0 aliphatic heterocycles. The minimum atomic E-state index is -0.890. The number of nitrogens with zero attached hydrogens (tertiary/aromatic N) is 2. The standard InChI is InChI=1S/C15H17BrN2O2/c1-3-12-14(15(19)20)13(4-2)18(17-12)9-10-6-5-7-11(16)8-10/h5-8H,3-4,9H2,1-2H3,(H,19,20). The van der Waals surface area contributed by atoms with E-state index in [1.165, 1.54) is 0 Å². The summed E-state index contributed by atoms with van der Waals surface area (Å²) in [6.07, 6.45) is 1.28. The Morgan fingerprint density at radius 3 is 2.65 bits per heavy atom. The molecule has 1 N–H and O–H groups in total. The number of aromatic nitrogens is 2. The van der Waals surface area contributed by atoms with Gasteiger partial charge in [-0.05, 0) is 30.5 Å². The van der Waals surface area contributed by atoms with Crippen molar-refractivity contribution in [2.24, 2.45) is 0 Å². The zero-order valence-corrected chi connectivity index (χ0v) is 13.1. The number of carboxylic acids is 1. The number of benzene rings is 1. The fourth-order valence-corrected chi connectivity index (χ4v) is 2.79. The zero-order chi connectivity index (χ0) is 14.7. The maximum Gasteiger partial charge on any atom is 0.339 e. The van der Waals surface area contributed by atoms with Crippen LogP contribution in [-0.2, 0) is 19.4 Å². The number of aromatic carboxylic acids is 1. The van der Waals surface area contributed by atoms with E-state index in [2.05, 4.69) is 21.0 Å². The normalized spacial score (nSPS) is 10.8. The lowest BCUT2D eigenvalue weighted by molar-refractivity contribution is 0.0694. The van der Waals surface area contributed by atoms with Gasteiger partial charge in [-0.15, -0.1) is 0 Å². The summed E-state index contributed by atoms with van der Waals surface area (Å²) >= 11 is 3.44. The van der Waals surface area contributed by atoms with Gasteiger partial charge in [-0.3, -0.25) is 4.68 Å². The number of rotatable bonds is 5. The molecule has 2 rings (SSSR count). The van der Waals surface area contributed by atoms with E-state index in [9.17, 15) is 9.90 Å². The van der Waals surface area contributed by atoms with Crippen molar-refractivity contribution >= 4 is 21.9 Å². The first-order chi connectivity index (χ1) is 9.56. The lowest BCUT2D eigenvalue weighted by atomic mass is 10.1. The molecule has 0 radical (unpaired) electrons. The Balaban J connectivity index is 2.44. The zero-order valence-electron chi connectivity index (χ0n) is 11.6. The first-order valence-electron chi connectivity index (χ1n) is 6.63. The smallest absolute Gasteiger partial charge is 0.339 e. The monoisotopic (exact) mass is 336 g/mol. The largest absolute Gasteiger partial charge is 0.478 e. The molecule has 20 heavy (non-hydrogen) atoms. The lowest BCUT2D eigenvalue weighted by Gasteiger charge is -2.07. The van der Waals surface area contributed by atoms with Gasteiger partial charge in [0.25, 0.3) is 0 Å². The second kappa shape index (κ2) is 6.22. The highest BCUT2D eigenvalue weighted by Gasteiger charge is 2.21. The molecule has 0 saturated heterocycles. The van der Waals surface area contributed by atoms with Gasteiger partial charge in [0.05, 0.1) is 17.9 Å². The van der Waals surface area contributed by atoms with Crippen LogP contribution in [0.3, 0.4) is 0 Å². The van der Waals surface area contributed by atoms with E-state index in [0.717, 1.165) is 15.7 Å². The van der Waals surface area contributed by atoms with E-state index in [4.69, 9.17) is 0 Å². The molecule has 0 amide bonds. The van der Waals surface area contributed by atoms with Gasteiger partial charge < -0.3 is 5.11 Å². The first kappa shape index (κ1) is 14.8. The van der Waals surface area contributed by atoms with Gasteiger partial charge in [-0.1, -0.05) is 41.9 Å². The molecule has 1 aromatic carbocycles. The predicted molar refractivity (Wildman–Crippen MR) is 81.2 cm³/mol. The number of hydrogen-bond donors (Lipinski definition) is 1. The summed E-state index contributed by atoms with van der Waals surface area (Å²) < 4.78 is 2.82. The molecular weight excluding hydrogens is 320 g/mol. The van der Waals surface area contributed by atoms with Crippen LogP contribution in [0.25, 0.3) is 0 Å². The molecule has 106 valence electrons. The maximum atomic E-state index is 11.4. The van der Waals surface area contributed by atoms with Crippen molar-refractivity contribution in [2.45, 2.75) is 33.2 Å². The van der Waals surface area contributed by atoms with E-state index in [1.54, 1.807) is 0 Å². The predicted octanol–water partition coefficient (Wildman–Crippen LogP) is 3.52. The molecule has 4 nitrogen and oxygen atoms in total. The highest BCUT2D eigenvalue weighted by Crippen LogP contribution is 2.19. The summed E-state index contributed by atoms with van der Waals surface area (Å²) in [5.74, 6) is -0.890. The SMILES string of the molecule is CCc1nn(Cc2cccc(Br)c2)c(CC)c1C(=O)O. The van der Waals surface area contributed by atoms with Crippen LogP contribution in [0.1, 0.15) is 41.2 Å². The summed E-state index contributed by atoms with van der Waals surface area (Å²) in [6, 6.07) is 7.96. The average Bonchev–Trinajstić information content (AvgIpc) is 2.76. The van der Waals surface area contributed by atoms with Gasteiger partial charge >= 0.3 is 5.97 Å². The fraction of sp³-hybridized carbons (Fsp3) is 0.333. The summed E-state index contributed by atoms with van der Waals surface area (Å²) in [6.45, 7) is 4.47. The van der Waals surface area contributed by atoms with Crippen molar-refractivity contribution in [3.8, 4) is 0 Å². The Kier molecular flexibility index (Phi) is 4.60. The van der Waals surface area contributed by atoms with E-state index >= 15 is 0 Å². The molecule has 0 spiro atoms. The van der Waals surface area contributed by atoms with E-state index < -0.39 is 5.97 Å². The third-order valence-corrected chi connectivity index (χ3v) is 3.73. The van der Waals surface area contributed by atoms with Crippen LogP contribution in [0.4, 0.5) is 0 Å². The fourth-order valence-electron chi connectivity index (χ4n) is 2.34. The number of aryl methyl sites for hydroxylation is 1. The van der Waals surface area contributed by atoms with Crippen molar-refractivity contribution in [3.05, 3.63) is 51.3 Å². The molecule has 0 fully saturated rings. The van der Waals surface area contributed by atoms with Crippen molar-refractivity contribution in [1.82, 2.24) is 9.78 Å². The van der Waals surface area contributed by atoms with Gasteiger partial charge in [0.15, 0.2) is 0 Å². The maximum absolute atomic E-state index is 11.4. The molecule has 1 aromatic heterocycles. The highest BCUT2D eigenvalue weighted by molar-refractivity contribution is 9.10. The Bertz CT molecular complexity index is 635. The van der Waals surface area contributed by atoms with Crippen molar-refractivity contribution < 1.29 is 9.90 Å². The number of carbonyl (C=O) groups is 1. The van der Waals surface area contributed by atoms with Gasteiger partial charge in [0.1, 0.15) is 5.56 Å². The first-order valence-corrected chi connectivity index (χ1v) is 7.42. The van der Waals surface area contributed by atoms with Crippen LogP contribution in [0.15, 0.2) is 28.7 Å². The van der Waals surface area contributed by atoms with E-state index in [-0.39, 0.29) is 0 Å². The molecule has 0 unspecified atom stereocenters. The Labute approximate surface area is 126 Å². The third kappa shape index (κ3) is 2.93. The van der Waals surface area contributed by atoms with Crippen molar-refractivity contribution in [3.63, 3.8) is 0 Å². The second-order valence-corrected chi connectivity index (χ2v) is 5.48. The quantitative estimate of drug-likeness (QED) is 0.908. The van der Waals surface area contributed by atoms with Crippen LogP contribution < -0.4 is 0 Å². The Morgan fingerprint density at radius 2 is 2.10 bits per heavy atom. The molecule has 0 bridgehead atoms. The van der Waals surface area contributed by atoms with Gasteiger partial charge in [0.2, 0.25) is 0 Å². The van der Waals surface area contributed by atoms with Gasteiger partial charge in [0, 0.05) is 4.47 Å². The Hall–Kier alpha value is -1.62. The number of carboxylic acid groups (broad SMARTS) is 1. The summed E-state index contributed by atoms with van der Waals surface area (Å²) in [7, 11) is 0. The van der Waals surface area contributed by atoms with Crippen LogP contribution in [0, 0.1) is 0 Å². The molecule has 0 aliphatic rings. The second-order valence-electron chi connectivity index (χ2n) is 4.57. The van der Waals surface area contributed by atoms with Crippen LogP contribution in [0.5, 0.6) is 0 Å². The van der Waals surface area contributed by atoms with Crippen LogP contribution >= 0.6 is 15.9 Å². The van der Waals surface area contributed by atoms with Crippen LogP contribution in [0.2, 0.25) is 0 Å². The molecule has 5 heteroatoms. The molecule has 1 heterocycles. The highest BCUT2D eigenvalue weighted by atomic mass is 79.9.